The molecule has 19 heavy (non-hydrogen) atoms. The summed E-state index contributed by atoms with van der Waals surface area (Å²) in [5.74, 6) is 7.73. The summed E-state index contributed by atoms with van der Waals surface area (Å²) in [5.41, 5.74) is 0. The molecule has 0 aliphatic carbocycles. The molecule has 2 N–H and O–H groups in total. The lowest BCUT2D eigenvalue weighted by atomic mass is 10.4. The molecule has 0 radical (unpaired) electrons. The van der Waals surface area contributed by atoms with Gasteiger partial charge in [-0.1, -0.05) is 0 Å². The van der Waals surface area contributed by atoms with Crippen LogP contribution in [0.15, 0.2) is 0 Å². The second-order valence-electron chi connectivity index (χ2n) is 4.71. The standard InChI is InChI=1S/C12H23N7/c1-4-18(5-2)11-14-10(17(3)13)15-12(16-11)19-8-6-7-9-19/h4-9,13H2,1-3H3. The van der Waals surface area contributed by atoms with Gasteiger partial charge in [0.25, 0.3) is 0 Å². The summed E-state index contributed by atoms with van der Waals surface area (Å²) in [7, 11) is 1.75. The molecule has 1 aromatic heterocycles. The van der Waals surface area contributed by atoms with Crippen LogP contribution in [0.25, 0.3) is 0 Å². The maximum atomic E-state index is 5.78. The molecule has 0 saturated carbocycles. The minimum Gasteiger partial charge on any atom is -0.341 e. The van der Waals surface area contributed by atoms with E-state index in [0.717, 1.165) is 32.1 Å². The predicted octanol–water partition coefficient (Wildman–Crippen LogP) is 0.628. The lowest BCUT2D eigenvalue weighted by molar-refractivity contribution is 0.783. The molecule has 1 aliphatic heterocycles. The molecule has 2 rings (SSSR count). The number of rotatable bonds is 5. The van der Waals surface area contributed by atoms with Gasteiger partial charge in [-0.3, -0.25) is 5.01 Å². The van der Waals surface area contributed by atoms with Crippen molar-refractivity contribution < 1.29 is 0 Å². The zero-order chi connectivity index (χ0) is 13.8. The molecule has 7 heteroatoms. The van der Waals surface area contributed by atoms with Gasteiger partial charge in [0.2, 0.25) is 17.8 Å². The summed E-state index contributed by atoms with van der Waals surface area (Å²) in [6, 6.07) is 0. The van der Waals surface area contributed by atoms with Crippen molar-refractivity contribution in [3.63, 3.8) is 0 Å². The molecule has 106 valence electrons. The first kappa shape index (κ1) is 13.8. The number of hydrogen-bond donors (Lipinski definition) is 1. The van der Waals surface area contributed by atoms with Gasteiger partial charge < -0.3 is 9.80 Å². The Kier molecular flexibility index (Phi) is 4.36. The van der Waals surface area contributed by atoms with E-state index in [9.17, 15) is 0 Å². The fourth-order valence-corrected chi connectivity index (χ4v) is 2.21. The first-order valence-corrected chi connectivity index (χ1v) is 6.90. The number of nitrogens with zero attached hydrogens (tertiary/aromatic N) is 6. The average Bonchev–Trinajstić information content (AvgIpc) is 2.93. The highest BCUT2D eigenvalue weighted by Gasteiger charge is 2.19. The van der Waals surface area contributed by atoms with E-state index in [-0.39, 0.29) is 0 Å². The van der Waals surface area contributed by atoms with Crippen molar-refractivity contribution >= 4 is 17.8 Å². The van der Waals surface area contributed by atoms with E-state index in [1.165, 1.54) is 17.9 Å². The topological polar surface area (TPSA) is 74.4 Å². The van der Waals surface area contributed by atoms with Crippen molar-refractivity contribution in [2.45, 2.75) is 26.7 Å². The average molecular weight is 265 g/mol. The normalized spacial score (nSPS) is 14.8. The molecule has 1 saturated heterocycles. The number of hydrazine groups is 1. The zero-order valence-electron chi connectivity index (χ0n) is 12.0. The van der Waals surface area contributed by atoms with Crippen molar-refractivity contribution in [2.24, 2.45) is 5.84 Å². The third kappa shape index (κ3) is 3.04. The van der Waals surface area contributed by atoms with E-state index in [4.69, 9.17) is 5.84 Å². The van der Waals surface area contributed by atoms with Crippen LogP contribution in [-0.2, 0) is 0 Å². The summed E-state index contributed by atoms with van der Waals surface area (Å²) in [5, 5.41) is 1.44. The van der Waals surface area contributed by atoms with E-state index in [1.807, 2.05) is 0 Å². The van der Waals surface area contributed by atoms with Crippen LogP contribution in [0.3, 0.4) is 0 Å². The third-order valence-electron chi connectivity index (χ3n) is 3.35. The third-order valence-corrected chi connectivity index (χ3v) is 3.35. The van der Waals surface area contributed by atoms with E-state index in [1.54, 1.807) is 7.05 Å². The second-order valence-corrected chi connectivity index (χ2v) is 4.71. The molecule has 2 heterocycles. The Morgan fingerprint density at radius 3 is 2.16 bits per heavy atom. The fourth-order valence-electron chi connectivity index (χ4n) is 2.21. The van der Waals surface area contributed by atoms with E-state index in [2.05, 4.69) is 38.6 Å². The van der Waals surface area contributed by atoms with Crippen LogP contribution < -0.4 is 20.7 Å². The molecular formula is C12H23N7. The van der Waals surface area contributed by atoms with Crippen LogP contribution in [0.2, 0.25) is 0 Å². The first-order valence-electron chi connectivity index (χ1n) is 6.90. The Balaban J connectivity index is 2.36. The summed E-state index contributed by atoms with van der Waals surface area (Å²) in [4.78, 5) is 17.8. The second kappa shape index (κ2) is 6.01. The molecule has 0 aromatic carbocycles. The van der Waals surface area contributed by atoms with Crippen LogP contribution in [-0.4, -0.2) is 48.2 Å². The Bertz CT molecular complexity index is 390. The van der Waals surface area contributed by atoms with E-state index >= 15 is 0 Å². The van der Waals surface area contributed by atoms with Crippen LogP contribution in [0.4, 0.5) is 17.8 Å². The fraction of sp³-hybridized carbons (Fsp3) is 0.750. The molecule has 0 atom stereocenters. The van der Waals surface area contributed by atoms with Gasteiger partial charge in [-0.15, -0.1) is 0 Å². The van der Waals surface area contributed by atoms with Gasteiger partial charge in [-0.05, 0) is 26.7 Å². The van der Waals surface area contributed by atoms with Gasteiger partial charge in [-0.25, -0.2) is 5.84 Å². The van der Waals surface area contributed by atoms with Gasteiger partial charge in [-0.2, -0.15) is 15.0 Å². The molecule has 0 unspecified atom stereocenters. The van der Waals surface area contributed by atoms with Crippen LogP contribution in [0.1, 0.15) is 26.7 Å². The predicted molar refractivity (Wildman–Crippen MR) is 77.4 cm³/mol. The SMILES string of the molecule is CCN(CC)c1nc(N(C)N)nc(N2CCCC2)n1. The highest BCUT2D eigenvalue weighted by Crippen LogP contribution is 2.20. The summed E-state index contributed by atoms with van der Waals surface area (Å²) in [6.45, 7) is 7.94. The van der Waals surface area contributed by atoms with E-state index < -0.39 is 0 Å². The van der Waals surface area contributed by atoms with Gasteiger partial charge in [0.1, 0.15) is 0 Å². The van der Waals surface area contributed by atoms with Crippen molar-refractivity contribution in [3.05, 3.63) is 0 Å². The molecule has 1 aliphatic rings. The number of hydrogen-bond acceptors (Lipinski definition) is 7. The maximum Gasteiger partial charge on any atom is 0.246 e. The van der Waals surface area contributed by atoms with Crippen LogP contribution >= 0.6 is 0 Å². The zero-order valence-corrected chi connectivity index (χ0v) is 12.0. The Morgan fingerprint density at radius 2 is 1.63 bits per heavy atom. The van der Waals surface area contributed by atoms with Gasteiger partial charge in [0.05, 0.1) is 0 Å². The maximum absolute atomic E-state index is 5.78. The number of anilines is 3. The Labute approximate surface area is 114 Å². The van der Waals surface area contributed by atoms with Crippen molar-refractivity contribution in [2.75, 3.05) is 48.0 Å². The molecular weight excluding hydrogens is 242 g/mol. The molecule has 0 amide bonds. The number of aromatic nitrogens is 3. The van der Waals surface area contributed by atoms with Crippen molar-refractivity contribution in [3.8, 4) is 0 Å². The molecule has 1 aromatic rings. The minimum absolute atomic E-state index is 0.513. The quantitative estimate of drug-likeness (QED) is 0.618. The minimum atomic E-state index is 0.513. The van der Waals surface area contributed by atoms with Crippen LogP contribution in [0.5, 0.6) is 0 Å². The highest BCUT2D eigenvalue weighted by molar-refractivity contribution is 5.45. The Morgan fingerprint density at radius 1 is 1.05 bits per heavy atom. The van der Waals surface area contributed by atoms with Crippen molar-refractivity contribution in [1.82, 2.24) is 15.0 Å². The van der Waals surface area contributed by atoms with Gasteiger partial charge in [0.15, 0.2) is 0 Å². The van der Waals surface area contributed by atoms with Gasteiger partial charge >= 0.3 is 0 Å². The smallest absolute Gasteiger partial charge is 0.246 e. The molecule has 1 fully saturated rings. The summed E-state index contributed by atoms with van der Waals surface area (Å²) < 4.78 is 0. The largest absolute Gasteiger partial charge is 0.341 e. The van der Waals surface area contributed by atoms with E-state index in [0.29, 0.717) is 11.9 Å². The molecule has 0 bridgehead atoms. The summed E-state index contributed by atoms with van der Waals surface area (Å²) in [6.07, 6.45) is 2.39. The van der Waals surface area contributed by atoms with Crippen molar-refractivity contribution in [1.29, 1.82) is 0 Å². The molecule has 0 spiro atoms. The lowest BCUT2D eigenvalue weighted by Crippen LogP contribution is -2.32. The lowest BCUT2D eigenvalue weighted by Gasteiger charge is -2.23. The summed E-state index contributed by atoms with van der Waals surface area (Å²) >= 11 is 0. The first-order chi connectivity index (χ1) is 9.15. The Hall–Kier alpha value is -1.63. The molecule has 7 nitrogen and oxygen atoms in total. The number of nitrogens with two attached hydrogens (primary N) is 1. The highest BCUT2D eigenvalue weighted by atomic mass is 15.5. The monoisotopic (exact) mass is 265 g/mol. The van der Waals surface area contributed by atoms with Crippen LogP contribution in [0, 0.1) is 0 Å². The van der Waals surface area contributed by atoms with Gasteiger partial charge in [0, 0.05) is 33.2 Å².